The molecule has 2 aliphatic heterocycles. The number of nitrogens with one attached hydrogen (secondary N) is 2. The number of hydrogen-bond acceptors (Lipinski definition) is 4. The monoisotopic (exact) mass is 331 g/mol. The van der Waals surface area contributed by atoms with Gasteiger partial charge in [0.15, 0.2) is 0 Å². The first kappa shape index (κ1) is 17.2. The maximum absolute atomic E-state index is 12.0. The van der Waals surface area contributed by atoms with E-state index in [4.69, 9.17) is 4.74 Å². The fourth-order valence-corrected chi connectivity index (χ4v) is 3.45. The molecule has 0 unspecified atom stereocenters. The Morgan fingerprint density at radius 3 is 2.38 bits per heavy atom. The van der Waals surface area contributed by atoms with Crippen LogP contribution in [0.2, 0.25) is 0 Å². The van der Waals surface area contributed by atoms with Crippen molar-refractivity contribution in [3.63, 3.8) is 0 Å². The zero-order valence-corrected chi connectivity index (χ0v) is 14.8. The Labute approximate surface area is 144 Å². The zero-order valence-electron chi connectivity index (χ0n) is 14.8. The molecule has 2 heterocycles. The molecule has 0 saturated carbocycles. The predicted molar refractivity (Wildman–Crippen MR) is 97.4 cm³/mol. The number of carbonyl (C=O) groups excluding carboxylic acids is 1. The minimum atomic E-state index is -0.283. The maximum Gasteiger partial charge on any atom is 0.253 e. The van der Waals surface area contributed by atoms with Gasteiger partial charge in [0.25, 0.3) is 5.91 Å². The molecule has 0 radical (unpaired) electrons. The predicted octanol–water partition coefficient (Wildman–Crippen LogP) is 3.09. The summed E-state index contributed by atoms with van der Waals surface area (Å²) in [5.41, 5.74) is 1.95. The molecule has 1 aromatic rings. The lowest BCUT2D eigenvalue weighted by Crippen LogP contribution is -2.42. The highest BCUT2D eigenvalue weighted by Gasteiger charge is 2.23. The number of ether oxygens (including phenoxy) is 1. The summed E-state index contributed by atoms with van der Waals surface area (Å²) in [5, 5.41) is 6.55. The van der Waals surface area contributed by atoms with Gasteiger partial charge < -0.3 is 20.3 Å². The summed E-state index contributed by atoms with van der Waals surface area (Å²) in [6.07, 6.45) is 3.86. The van der Waals surface area contributed by atoms with Crippen LogP contribution in [-0.2, 0) is 9.53 Å². The van der Waals surface area contributed by atoms with Gasteiger partial charge in [0.1, 0.15) is 6.10 Å². The van der Waals surface area contributed by atoms with Crippen molar-refractivity contribution in [2.24, 2.45) is 0 Å². The number of benzene rings is 1. The molecule has 1 atom stereocenters. The van der Waals surface area contributed by atoms with Crippen LogP contribution in [0.15, 0.2) is 24.3 Å². The van der Waals surface area contributed by atoms with Crippen LogP contribution in [0, 0.1) is 0 Å². The molecule has 2 aliphatic rings. The third-order valence-corrected chi connectivity index (χ3v) is 5.01. The van der Waals surface area contributed by atoms with Gasteiger partial charge in [-0.2, -0.15) is 0 Å². The van der Waals surface area contributed by atoms with Crippen molar-refractivity contribution in [2.75, 3.05) is 30.3 Å². The van der Waals surface area contributed by atoms with E-state index in [0.717, 1.165) is 37.3 Å². The van der Waals surface area contributed by atoms with Crippen molar-refractivity contribution in [3.8, 4) is 0 Å². The van der Waals surface area contributed by atoms with Crippen molar-refractivity contribution >= 4 is 17.3 Å². The van der Waals surface area contributed by atoms with Crippen LogP contribution < -0.4 is 10.6 Å². The Morgan fingerprint density at radius 1 is 1.12 bits per heavy atom. The molecular weight excluding hydrogens is 302 g/mol. The lowest BCUT2D eigenvalue weighted by Gasteiger charge is -2.35. The standard InChI is InChI=1S/C19H29N3O2/c1-14(2)22-11-9-17(10-12-22)20-15-5-7-16(8-6-15)21-19(23)18-4-3-13-24-18/h5-8,14,17-18,20H,3-4,9-13H2,1-2H3,(H,21,23)/t18-/m1/s1. The van der Waals surface area contributed by atoms with Crippen molar-refractivity contribution in [2.45, 2.75) is 57.7 Å². The number of carbonyl (C=O) groups is 1. The molecule has 3 rings (SSSR count). The summed E-state index contributed by atoms with van der Waals surface area (Å²) < 4.78 is 5.41. The van der Waals surface area contributed by atoms with Crippen LogP contribution in [0.4, 0.5) is 11.4 Å². The van der Waals surface area contributed by atoms with Crippen LogP contribution >= 0.6 is 0 Å². The topological polar surface area (TPSA) is 53.6 Å². The molecule has 2 N–H and O–H groups in total. The molecule has 2 fully saturated rings. The summed E-state index contributed by atoms with van der Waals surface area (Å²) in [6, 6.07) is 9.17. The minimum Gasteiger partial charge on any atom is -0.382 e. The lowest BCUT2D eigenvalue weighted by atomic mass is 10.0. The van der Waals surface area contributed by atoms with Gasteiger partial charge in [0, 0.05) is 43.2 Å². The first-order chi connectivity index (χ1) is 11.6. The number of anilines is 2. The van der Waals surface area contributed by atoms with Crippen molar-refractivity contribution < 1.29 is 9.53 Å². The van der Waals surface area contributed by atoms with Gasteiger partial charge in [-0.25, -0.2) is 0 Å². The zero-order chi connectivity index (χ0) is 16.9. The van der Waals surface area contributed by atoms with Crippen molar-refractivity contribution in [3.05, 3.63) is 24.3 Å². The molecule has 0 aromatic heterocycles. The first-order valence-corrected chi connectivity index (χ1v) is 9.15. The smallest absolute Gasteiger partial charge is 0.253 e. The van der Waals surface area contributed by atoms with E-state index in [1.807, 2.05) is 24.3 Å². The summed E-state index contributed by atoms with van der Waals surface area (Å²) >= 11 is 0. The second-order valence-corrected chi connectivity index (χ2v) is 7.12. The maximum atomic E-state index is 12.0. The highest BCUT2D eigenvalue weighted by molar-refractivity contribution is 5.94. The molecule has 5 heteroatoms. The third kappa shape index (κ3) is 4.48. The van der Waals surface area contributed by atoms with Crippen LogP contribution in [0.3, 0.4) is 0 Å². The Hall–Kier alpha value is -1.59. The highest BCUT2D eigenvalue weighted by Crippen LogP contribution is 2.20. The molecule has 0 spiro atoms. The van der Waals surface area contributed by atoms with E-state index in [1.54, 1.807) is 0 Å². The lowest BCUT2D eigenvalue weighted by molar-refractivity contribution is -0.124. The van der Waals surface area contributed by atoms with Crippen LogP contribution in [0.5, 0.6) is 0 Å². The fourth-order valence-electron chi connectivity index (χ4n) is 3.45. The molecule has 24 heavy (non-hydrogen) atoms. The van der Waals surface area contributed by atoms with E-state index in [-0.39, 0.29) is 12.0 Å². The van der Waals surface area contributed by atoms with Gasteiger partial charge in [-0.05, 0) is 63.8 Å². The number of amides is 1. The largest absolute Gasteiger partial charge is 0.382 e. The van der Waals surface area contributed by atoms with E-state index in [9.17, 15) is 4.79 Å². The van der Waals surface area contributed by atoms with Crippen molar-refractivity contribution in [1.29, 1.82) is 0 Å². The van der Waals surface area contributed by atoms with Gasteiger partial charge in [0.2, 0.25) is 0 Å². The molecule has 0 aliphatic carbocycles. The van der Waals surface area contributed by atoms with Crippen LogP contribution in [0.1, 0.15) is 39.5 Å². The van der Waals surface area contributed by atoms with Gasteiger partial charge in [-0.3, -0.25) is 4.79 Å². The summed E-state index contributed by atoms with van der Waals surface area (Å²) in [7, 11) is 0. The molecule has 1 aromatic carbocycles. The van der Waals surface area contributed by atoms with E-state index >= 15 is 0 Å². The van der Waals surface area contributed by atoms with Gasteiger partial charge in [-0.1, -0.05) is 0 Å². The molecule has 1 amide bonds. The van der Waals surface area contributed by atoms with Gasteiger partial charge >= 0.3 is 0 Å². The van der Waals surface area contributed by atoms with Crippen LogP contribution in [0.25, 0.3) is 0 Å². The van der Waals surface area contributed by atoms with Gasteiger partial charge in [0.05, 0.1) is 0 Å². The third-order valence-electron chi connectivity index (χ3n) is 5.01. The number of likely N-dealkylation sites (tertiary alicyclic amines) is 1. The first-order valence-electron chi connectivity index (χ1n) is 9.15. The Balaban J connectivity index is 1.47. The molecule has 132 valence electrons. The number of rotatable bonds is 5. The SMILES string of the molecule is CC(C)N1CCC(Nc2ccc(NC(=O)[C@H]3CCCO3)cc2)CC1. The number of nitrogens with zero attached hydrogens (tertiary/aromatic N) is 1. The average Bonchev–Trinajstić information content (AvgIpc) is 3.12. The normalized spacial score (nSPS) is 22.7. The Morgan fingerprint density at radius 2 is 1.79 bits per heavy atom. The summed E-state index contributed by atoms with van der Waals surface area (Å²) in [6.45, 7) is 7.53. The van der Waals surface area contributed by atoms with E-state index in [2.05, 4.69) is 29.4 Å². The van der Waals surface area contributed by atoms with Gasteiger partial charge in [-0.15, -0.1) is 0 Å². The molecular formula is C19H29N3O2. The van der Waals surface area contributed by atoms with E-state index in [0.29, 0.717) is 18.7 Å². The Bertz CT molecular complexity index is 530. The highest BCUT2D eigenvalue weighted by atomic mass is 16.5. The molecule has 0 bridgehead atoms. The second-order valence-electron chi connectivity index (χ2n) is 7.12. The van der Waals surface area contributed by atoms with E-state index < -0.39 is 0 Å². The minimum absolute atomic E-state index is 0.0331. The number of hydrogen-bond donors (Lipinski definition) is 2. The molecule has 5 nitrogen and oxygen atoms in total. The second kappa shape index (κ2) is 7.99. The number of piperidine rings is 1. The summed E-state index contributed by atoms with van der Waals surface area (Å²) in [5.74, 6) is -0.0331. The average molecular weight is 331 g/mol. The Kier molecular flexibility index (Phi) is 5.74. The quantitative estimate of drug-likeness (QED) is 0.870. The summed E-state index contributed by atoms with van der Waals surface area (Å²) in [4.78, 5) is 14.6. The fraction of sp³-hybridized carbons (Fsp3) is 0.632. The van der Waals surface area contributed by atoms with Crippen molar-refractivity contribution in [1.82, 2.24) is 4.90 Å². The van der Waals surface area contributed by atoms with Crippen LogP contribution in [-0.4, -0.2) is 48.7 Å². The molecule has 2 saturated heterocycles. The van der Waals surface area contributed by atoms with E-state index in [1.165, 1.54) is 12.8 Å².